The van der Waals surface area contributed by atoms with Crippen molar-refractivity contribution < 1.29 is 4.79 Å². The molecule has 1 aliphatic heterocycles. The molecule has 92 valence electrons. The van der Waals surface area contributed by atoms with Crippen molar-refractivity contribution >= 4 is 11.7 Å². The molecule has 1 saturated heterocycles. The van der Waals surface area contributed by atoms with Gasteiger partial charge < -0.3 is 10.6 Å². The first kappa shape index (κ1) is 12.0. The Morgan fingerprint density at radius 2 is 2.47 bits per heavy atom. The van der Waals surface area contributed by atoms with E-state index in [1.165, 1.54) is 0 Å². The molecule has 1 aromatic rings. The van der Waals surface area contributed by atoms with Crippen molar-refractivity contribution in [1.29, 1.82) is 0 Å². The highest BCUT2D eigenvalue weighted by molar-refractivity contribution is 5.95. The molecule has 0 bridgehead atoms. The first-order valence-electron chi connectivity index (χ1n) is 6.20. The molecule has 1 atom stereocenters. The first-order chi connectivity index (χ1) is 8.27. The molecule has 1 fully saturated rings. The highest BCUT2D eigenvalue weighted by Gasteiger charge is 2.40. The molecular formula is C13H19N3O. The van der Waals surface area contributed by atoms with Gasteiger partial charge in [-0.3, -0.25) is 4.79 Å². The third kappa shape index (κ3) is 2.64. The highest BCUT2D eigenvalue weighted by Crippen LogP contribution is 2.32. The second-order valence-corrected chi connectivity index (χ2v) is 4.63. The fourth-order valence-electron chi connectivity index (χ4n) is 2.43. The zero-order valence-corrected chi connectivity index (χ0v) is 10.2. The van der Waals surface area contributed by atoms with Gasteiger partial charge in [-0.25, -0.2) is 4.98 Å². The average Bonchev–Trinajstić information content (AvgIpc) is 2.81. The quantitative estimate of drug-likeness (QED) is 0.833. The lowest BCUT2D eigenvalue weighted by molar-refractivity contribution is -0.125. The van der Waals surface area contributed by atoms with E-state index in [1.54, 1.807) is 6.20 Å². The van der Waals surface area contributed by atoms with Crippen LogP contribution in [0.2, 0.25) is 0 Å². The van der Waals surface area contributed by atoms with Crippen LogP contribution in [0.5, 0.6) is 0 Å². The molecule has 0 saturated carbocycles. The topological polar surface area (TPSA) is 54.0 Å². The third-order valence-electron chi connectivity index (χ3n) is 3.36. The number of amides is 1. The van der Waals surface area contributed by atoms with Gasteiger partial charge in [0.15, 0.2) is 0 Å². The summed E-state index contributed by atoms with van der Waals surface area (Å²) >= 11 is 0. The van der Waals surface area contributed by atoms with Gasteiger partial charge in [0.05, 0.1) is 5.41 Å². The molecule has 0 radical (unpaired) electrons. The summed E-state index contributed by atoms with van der Waals surface area (Å²) in [6, 6.07) is 5.54. The van der Waals surface area contributed by atoms with Gasteiger partial charge in [0.1, 0.15) is 5.82 Å². The van der Waals surface area contributed by atoms with Crippen molar-refractivity contribution in [3.05, 3.63) is 24.4 Å². The second-order valence-electron chi connectivity index (χ2n) is 4.63. The van der Waals surface area contributed by atoms with E-state index in [-0.39, 0.29) is 11.3 Å². The highest BCUT2D eigenvalue weighted by atomic mass is 16.2. The van der Waals surface area contributed by atoms with E-state index < -0.39 is 0 Å². The number of nitrogens with one attached hydrogen (secondary N) is 2. The predicted octanol–water partition coefficient (Wildman–Crippen LogP) is 1.80. The van der Waals surface area contributed by atoms with Gasteiger partial charge in [-0.05, 0) is 31.5 Å². The number of carbonyl (C=O) groups is 1. The lowest BCUT2D eigenvalue weighted by Gasteiger charge is -2.26. The van der Waals surface area contributed by atoms with Gasteiger partial charge in [0.25, 0.3) is 0 Å². The van der Waals surface area contributed by atoms with Crippen molar-refractivity contribution in [1.82, 2.24) is 10.3 Å². The van der Waals surface area contributed by atoms with Crippen molar-refractivity contribution in [3.63, 3.8) is 0 Å². The summed E-state index contributed by atoms with van der Waals surface area (Å²) in [4.78, 5) is 16.5. The van der Waals surface area contributed by atoms with Gasteiger partial charge in [-0.1, -0.05) is 19.4 Å². The van der Waals surface area contributed by atoms with E-state index in [1.807, 2.05) is 18.2 Å². The molecule has 4 nitrogen and oxygen atoms in total. The van der Waals surface area contributed by atoms with E-state index in [0.29, 0.717) is 5.82 Å². The summed E-state index contributed by atoms with van der Waals surface area (Å²) in [6.07, 6.45) is 4.56. The van der Waals surface area contributed by atoms with Gasteiger partial charge >= 0.3 is 0 Å². The van der Waals surface area contributed by atoms with E-state index in [4.69, 9.17) is 0 Å². The van der Waals surface area contributed by atoms with Gasteiger partial charge in [-0.2, -0.15) is 0 Å². The van der Waals surface area contributed by atoms with Gasteiger partial charge in [-0.15, -0.1) is 0 Å². The Morgan fingerprint density at radius 1 is 1.59 bits per heavy atom. The van der Waals surface area contributed by atoms with Crippen molar-refractivity contribution in [2.45, 2.75) is 26.2 Å². The average molecular weight is 233 g/mol. The Bertz CT molecular complexity index is 372. The SMILES string of the molecule is CCCC1(C(=O)Nc2ccccn2)CCNC1. The van der Waals surface area contributed by atoms with Crippen LogP contribution in [0.4, 0.5) is 5.82 Å². The van der Waals surface area contributed by atoms with Crippen molar-refractivity contribution in [2.24, 2.45) is 5.41 Å². The van der Waals surface area contributed by atoms with Crippen LogP contribution in [0.15, 0.2) is 24.4 Å². The largest absolute Gasteiger partial charge is 0.316 e. The van der Waals surface area contributed by atoms with Crippen LogP contribution in [0, 0.1) is 5.41 Å². The van der Waals surface area contributed by atoms with Crippen LogP contribution in [-0.2, 0) is 4.79 Å². The fourth-order valence-corrected chi connectivity index (χ4v) is 2.43. The summed E-state index contributed by atoms with van der Waals surface area (Å²) in [5.74, 6) is 0.739. The second kappa shape index (κ2) is 5.27. The maximum Gasteiger partial charge on any atom is 0.233 e. The molecule has 2 N–H and O–H groups in total. The molecule has 2 heterocycles. The van der Waals surface area contributed by atoms with Crippen LogP contribution in [0.25, 0.3) is 0 Å². The van der Waals surface area contributed by atoms with E-state index >= 15 is 0 Å². The monoisotopic (exact) mass is 233 g/mol. The molecule has 2 rings (SSSR count). The standard InChI is InChI=1S/C13H19N3O/c1-2-6-13(7-9-14-10-13)12(17)16-11-5-3-4-8-15-11/h3-5,8,14H,2,6-7,9-10H2,1H3,(H,15,16,17). The number of rotatable bonds is 4. The summed E-state index contributed by atoms with van der Waals surface area (Å²) in [6.45, 7) is 3.82. The van der Waals surface area contributed by atoms with Crippen LogP contribution in [-0.4, -0.2) is 24.0 Å². The van der Waals surface area contributed by atoms with E-state index in [9.17, 15) is 4.79 Å². The molecule has 4 heteroatoms. The van der Waals surface area contributed by atoms with Crippen LogP contribution in [0.1, 0.15) is 26.2 Å². The Labute approximate surface area is 102 Å². The summed E-state index contributed by atoms with van der Waals surface area (Å²) < 4.78 is 0. The zero-order valence-electron chi connectivity index (χ0n) is 10.2. The minimum absolute atomic E-state index is 0.100. The first-order valence-corrected chi connectivity index (χ1v) is 6.20. The molecule has 1 aliphatic rings. The van der Waals surface area contributed by atoms with Crippen molar-refractivity contribution in [2.75, 3.05) is 18.4 Å². The Kier molecular flexibility index (Phi) is 3.74. The molecular weight excluding hydrogens is 214 g/mol. The zero-order chi connectivity index (χ0) is 12.1. The molecule has 17 heavy (non-hydrogen) atoms. The maximum atomic E-state index is 12.3. The lowest BCUT2D eigenvalue weighted by Crippen LogP contribution is -2.38. The predicted molar refractivity (Wildman–Crippen MR) is 67.7 cm³/mol. The molecule has 0 aromatic carbocycles. The van der Waals surface area contributed by atoms with Crippen LogP contribution >= 0.6 is 0 Å². The van der Waals surface area contributed by atoms with Gasteiger partial charge in [0, 0.05) is 12.7 Å². The number of anilines is 1. The molecule has 1 unspecified atom stereocenters. The number of hydrogen-bond donors (Lipinski definition) is 2. The Balaban J connectivity index is 2.07. The van der Waals surface area contributed by atoms with Crippen LogP contribution < -0.4 is 10.6 Å². The maximum absolute atomic E-state index is 12.3. The number of hydrogen-bond acceptors (Lipinski definition) is 3. The molecule has 0 aliphatic carbocycles. The van der Waals surface area contributed by atoms with Crippen molar-refractivity contribution in [3.8, 4) is 0 Å². The Hall–Kier alpha value is -1.42. The number of aromatic nitrogens is 1. The number of pyridine rings is 1. The van der Waals surface area contributed by atoms with Gasteiger partial charge in [0.2, 0.25) is 5.91 Å². The van der Waals surface area contributed by atoms with E-state index in [2.05, 4.69) is 22.5 Å². The summed E-state index contributed by atoms with van der Waals surface area (Å²) in [7, 11) is 0. The fraction of sp³-hybridized carbons (Fsp3) is 0.538. The minimum atomic E-state index is -0.244. The molecule has 0 spiro atoms. The van der Waals surface area contributed by atoms with Crippen LogP contribution in [0.3, 0.4) is 0 Å². The minimum Gasteiger partial charge on any atom is -0.316 e. The summed E-state index contributed by atoms with van der Waals surface area (Å²) in [5.41, 5.74) is -0.244. The normalized spacial score (nSPS) is 23.6. The van der Waals surface area contributed by atoms with E-state index in [0.717, 1.165) is 32.4 Å². The molecule has 1 amide bonds. The Morgan fingerprint density at radius 3 is 3.06 bits per heavy atom. The molecule has 1 aromatic heterocycles. The number of nitrogens with zero attached hydrogens (tertiary/aromatic N) is 1. The third-order valence-corrected chi connectivity index (χ3v) is 3.36. The summed E-state index contributed by atoms with van der Waals surface area (Å²) in [5, 5.41) is 6.20. The number of carbonyl (C=O) groups excluding carboxylic acids is 1. The lowest BCUT2D eigenvalue weighted by atomic mass is 9.81. The smallest absolute Gasteiger partial charge is 0.233 e.